The molecule has 1 aliphatic rings. The van der Waals surface area contributed by atoms with Crippen LogP contribution >= 0.6 is 12.4 Å². The van der Waals surface area contributed by atoms with E-state index in [-0.39, 0.29) is 17.8 Å². The number of methoxy groups -OCH3 is 1. The number of ether oxygens (including phenoxy) is 2. The summed E-state index contributed by atoms with van der Waals surface area (Å²) in [6.07, 6.45) is 1.62. The van der Waals surface area contributed by atoms with Crippen LogP contribution in [0.25, 0.3) is 11.4 Å². The molecule has 0 atom stereocenters. The molecule has 7 heteroatoms. The molecule has 1 aromatic carbocycles. The van der Waals surface area contributed by atoms with Gasteiger partial charge in [0, 0.05) is 25.3 Å². The predicted molar refractivity (Wildman–Crippen MR) is 84.3 cm³/mol. The van der Waals surface area contributed by atoms with Crippen molar-refractivity contribution in [1.82, 2.24) is 10.1 Å². The van der Waals surface area contributed by atoms with E-state index in [1.807, 2.05) is 24.3 Å². The van der Waals surface area contributed by atoms with Gasteiger partial charge in [-0.05, 0) is 25.0 Å². The van der Waals surface area contributed by atoms with Crippen LogP contribution in [0.3, 0.4) is 0 Å². The smallest absolute Gasteiger partial charge is 0.234 e. The number of nitrogens with two attached hydrogens (primary N) is 1. The van der Waals surface area contributed by atoms with E-state index in [1.165, 1.54) is 0 Å². The Morgan fingerprint density at radius 1 is 1.32 bits per heavy atom. The van der Waals surface area contributed by atoms with Gasteiger partial charge in [0.15, 0.2) is 0 Å². The molecule has 0 bridgehead atoms. The first-order chi connectivity index (χ1) is 10.3. The molecule has 2 heterocycles. The zero-order chi connectivity index (χ0) is 14.7. The topological polar surface area (TPSA) is 83.4 Å². The highest BCUT2D eigenvalue weighted by molar-refractivity contribution is 5.85. The van der Waals surface area contributed by atoms with E-state index in [0.717, 1.165) is 24.2 Å². The zero-order valence-electron chi connectivity index (χ0n) is 12.4. The number of benzene rings is 1. The lowest BCUT2D eigenvalue weighted by atomic mass is 9.80. The van der Waals surface area contributed by atoms with Gasteiger partial charge in [-0.2, -0.15) is 4.98 Å². The molecular weight excluding hydrogens is 306 g/mol. The molecule has 0 saturated carbocycles. The van der Waals surface area contributed by atoms with E-state index in [9.17, 15) is 0 Å². The molecule has 0 spiro atoms. The molecule has 2 aromatic rings. The summed E-state index contributed by atoms with van der Waals surface area (Å²) >= 11 is 0. The number of halogens is 1. The largest absolute Gasteiger partial charge is 0.497 e. The molecule has 0 radical (unpaired) electrons. The molecular formula is C15H20ClN3O3. The van der Waals surface area contributed by atoms with Crippen LogP contribution in [0, 0.1) is 0 Å². The van der Waals surface area contributed by atoms with Gasteiger partial charge in [0.2, 0.25) is 11.7 Å². The molecule has 1 fully saturated rings. The van der Waals surface area contributed by atoms with E-state index in [0.29, 0.717) is 31.5 Å². The van der Waals surface area contributed by atoms with Crippen molar-refractivity contribution < 1.29 is 14.0 Å². The van der Waals surface area contributed by atoms with Crippen molar-refractivity contribution in [1.29, 1.82) is 0 Å². The van der Waals surface area contributed by atoms with Crippen LogP contribution in [-0.4, -0.2) is 37.0 Å². The minimum Gasteiger partial charge on any atom is -0.497 e. The van der Waals surface area contributed by atoms with Crippen LogP contribution < -0.4 is 10.5 Å². The summed E-state index contributed by atoms with van der Waals surface area (Å²) in [4.78, 5) is 4.55. The second-order valence-corrected chi connectivity index (χ2v) is 5.25. The van der Waals surface area contributed by atoms with Gasteiger partial charge in [-0.25, -0.2) is 0 Å². The van der Waals surface area contributed by atoms with Gasteiger partial charge in [0.05, 0.1) is 12.5 Å². The molecule has 0 unspecified atom stereocenters. The maximum atomic E-state index is 5.96. The monoisotopic (exact) mass is 325 g/mol. The summed E-state index contributed by atoms with van der Waals surface area (Å²) in [5.74, 6) is 1.92. The first-order valence-corrected chi connectivity index (χ1v) is 7.04. The Morgan fingerprint density at radius 3 is 2.77 bits per heavy atom. The third-order valence-corrected chi connectivity index (χ3v) is 4.05. The fourth-order valence-electron chi connectivity index (χ4n) is 2.59. The molecule has 3 rings (SSSR count). The Bertz CT molecular complexity index is 612. The maximum Gasteiger partial charge on any atom is 0.234 e. The molecule has 1 saturated heterocycles. The molecule has 0 amide bonds. The Labute approximate surface area is 135 Å². The molecule has 1 aromatic heterocycles. The second-order valence-electron chi connectivity index (χ2n) is 5.25. The van der Waals surface area contributed by atoms with Crippen LogP contribution in [0.5, 0.6) is 5.75 Å². The van der Waals surface area contributed by atoms with Crippen LogP contribution in [-0.2, 0) is 10.2 Å². The lowest BCUT2D eigenvalue weighted by Gasteiger charge is -2.32. The number of rotatable bonds is 4. The molecule has 0 aliphatic carbocycles. The summed E-state index contributed by atoms with van der Waals surface area (Å²) in [6.45, 7) is 1.83. The Morgan fingerprint density at radius 2 is 2.09 bits per heavy atom. The van der Waals surface area contributed by atoms with Crippen LogP contribution in [0.1, 0.15) is 18.7 Å². The fourth-order valence-corrected chi connectivity index (χ4v) is 2.59. The van der Waals surface area contributed by atoms with Gasteiger partial charge >= 0.3 is 0 Å². The van der Waals surface area contributed by atoms with E-state index >= 15 is 0 Å². The van der Waals surface area contributed by atoms with Gasteiger partial charge < -0.3 is 19.7 Å². The highest BCUT2D eigenvalue weighted by atomic mass is 35.5. The first-order valence-electron chi connectivity index (χ1n) is 7.04. The van der Waals surface area contributed by atoms with Crippen molar-refractivity contribution in [2.24, 2.45) is 5.73 Å². The van der Waals surface area contributed by atoms with Gasteiger partial charge in [0.1, 0.15) is 5.75 Å². The summed E-state index contributed by atoms with van der Waals surface area (Å²) in [6, 6.07) is 7.59. The maximum absolute atomic E-state index is 5.96. The average Bonchev–Trinajstić information content (AvgIpc) is 3.06. The highest BCUT2D eigenvalue weighted by Crippen LogP contribution is 2.34. The summed E-state index contributed by atoms with van der Waals surface area (Å²) in [7, 11) is 1.63. The molecule has 1 aliphatic heterocycles. The second kappa shape index (κ2) is 7.09. The minimum absolute atomic E-state index is 0. The number of nitrogens with zero attached hydrogens (tertiary/aromatic N) is 2. The van der Waals surface area contributed by atoms with Crippen molar-refractivity contribution in [3.8, 4) is 17.1 Å². The lowest BCUT2D eigenvalue weighted by Crippen LogP contribution is -2.40. The molecule has 22 heavy (non-hydrogen) atoms. The van der Waals surface area contributed by atoms with E-state index in [2.05, 4.69) is 10.1 Å². The van der Waals surface area contributed by atoms with Crippen LogP contribution in [0.2, 0.25) is 0 Å². The van der Waals surface area contributed by atoms with Gasteiger partial charge in [-0.15, -0.1) is 12.4 Å². The first kappa shape index (κ1) is 16.7. The SMILES string of the molecule is COc1cccc(-c2noc(C3(CN)CCOCC3)n2)c1.Cl. The summed E-state index contributed by atoms with van der Waals surface area (Å²) in [5, 5.41) is 4.09. The van der Waals surface area contributed by atoms with E-state index in [4.69, 9.17) is 19.7 Å². The number of hydrogen-bond donors (Lipinski definition) is 1. The Hall–Kier alpha value is -1.63. The zero-order valence-corrected chi connectivity index (χ0v) is 13.3. The molecule has 120 valence electrons. The fraction of sp³-hybridized carbons (Fsp3) is 0.467. The predicted octanol–water partition coefficient (Wildman–Crippen LogP) is 2.17. The van der Waals surface area contributed by atoms with Gasteiger partial charge in [-0.1, -0.05) is 17.3 Å². The Balaban J connectivity index is 0.00000176. The summed E-state index contributed by atoms with van der Waals surface area (Å²) < 4.78 is 16.1. The van der Waals surface area contributed by atoms with E-state index < -0.39 is 0 Å². The van der Waals surface area contributed by atoms with Crippen molar-refractivity contribution in [3.05, 3.63) is 30.2 Å². The van der Waals surface area contributed by atoms with Crippen molar-refractivity contribution in [2.45, 2.75) is 18.3 Å². The molecule has 2 N–H and O–H groups in total. The third-order valence-electron chi connectivity index (χ3n) is 4.05. The normalized spacial score (nSPS) is 16.8. The Kier molecular flexibility index (Phi) is 5.39. The molecule has 6 nitrogen and oxygen atoms in total. The van der Waals surface area contributed by atoms with E-state index in [1.54, 1.807) is 7.11 Å². The highest BCUT2D eigenvalue weighted by Gasteiger charge is 2.38. The quantitative estimate of drug-likeness (QED) is 0.927. The summed E-state index contributed by atoms with van der Waals surface area (Å²) in [5.41, 5.74) is 6.56. The average molecular weight is 326 g/mol. The number of aromatic nitrogens is 2. The minimum atomic E-state index is -0.262. The van der Waals surface area contributed by atoms with Crippen molar-refractivity contribution >= 4 is 12.4 Å². The standard InChI is InChI=1S/C15H19N3O3.ClH/c1-19-12-4-2-3-11(9-12)13-17-14(21-18-13)15(10-16)5-7-20-8-6-15;/h2-4,9H,5-8,10,16H2,1H3;1H. The van der Waals surface area contributed by atoms with Crippen molar-refractivity contribution in [2.75, 3.05) is 26.9 Å². The van der Waals surface area contributed by atoms with Crippen LogP contribution in [0.4, 0.5) is 0 Å². The number of hydrogen-bond acceptors (Lipinski definition) is 6. The van der Waals surface area contributed by atoms with Crippen molar-refractivity contribution in [3.63, 3.8) is 0 Å². The van der Waals surface area contributed by atoms with Crippen LogP contribution in [0.15, 0.2) is 28.8 Å². The van der Waals surface area contributed by atoms with Gasteiger partial charge in [-0.3, -0.25) is 0 Å². The van der Waals surface area contributed by atoms with Gasteiger partial charge in [0.25, 0.3) is 0 Å². The third kappa shape index (κ3) is 3.09. The lowest BCUT2D eigenvalue weighted by molar-refractivity contribution is 0.0409.